The number of rotatable bonds is 5. The van der Waals surface area contributed by atoms with Gasteiger partial charge in [0.2, 0.25) is 0 Å². The van der Waals surface area contributed by atoms with Crippen molar-refractivity contribution in [2.45, 2.75) is 19.4 Å². The Hall–Kier alpha value is -1.95. The maximum absolute atomic E-state index is 11.3. The molecular formula is C11H14N2O4. The SMILES string of the molecule is CCOC(=O)C(N)Cc1ccccc1[N+](=O)[O-]. The lowest BCUT2D eigenvalue weighted by molar-refractivity contribution is -0.385. The predicted octanol–water partition coefficient (Wildman–Crippen LogP) is 1.03. The van der Waals surface area contributed by atoms with E-state index < -0.39 is 16.9 Å². The lowest BCUT2D eigenvalue weighted by Gasteiger charge is -2.10. The summed E-state index contributed by atoms with van der Waals surface area (Å²) in [6, 6.07) is 5.32. The summed E-state index contributed by atoms with van der Waals surface area (Å²) in [6.45, 7) is 1.92. The molecular weight excluding hydrogens is 224 g/mol. The second-order valence-electron chi connectivity index (χ2n) is 3.45. The Bertz CT molecular complexity index is 420. The highest BCUT2D eigenvalue weighted by molar-refractivity contribution is 5.76. The van der Waals surface area contributed by atoms with E-state index in [0.29, 0.717) is 5.56 Å². The smallest absolute Gasteiger partial charge is 0.323 e. The summed E-state index contributed by atoms with van der Waals surface area (Å²) in [5.74, 6) is -0.550. The third-order valence-corrected chi connectivity index (χ3v) is 2.22. The fourth-order valence-corrected chi connectivity index (χ4v) is 1.43. The first kappa shape index (κ1) is 13.1. The van der Waals surface area contributed by atoms with E-state index in [1.54, 1.807) is 25.1 Å². The van der Waals surface area contributed by atoms with Crippen LogP contribution in [0.4, 0.5) is 5.69 Å². The Kier molecular flexibility index (Phi) is 4.59. The van der Waals surface area contributed by atoms with Gasteiger partial charge in [-0.25, -0.2) is 0 Å². The molecule has 0 amide bonds. The first-order valence-corrected chi connectivity index (χ1v) is 5.20. The van der Waals surface area contributed by atoms with Gasteiger partial charge in [0.15, 0.2) is 0 Å². The molecule has 17 heavy (non-hydrogen) atoms. The highest BCUT2D eigenvalue weighted by Gasteiger charge is 2.20. The van der Waals surface area contributed by atoms with Gasteiger partial charge in [0.05, 0.1) is 11.5 Å². The molecule has 1 aromatic carbocycles. The van der Waals surface area contributed by atoms with E-state index in [2.05, 4.69) is 0 Å². The number of benzene rings is 1. The van der Waals surface area contributed by atoms with Crippen molar-refractivity contribution in [3.8, 4) is 0 Å². The number of hydrogen-bond acceptors (Lipinski definition) is 5. The number of nitrogens with zero attached hydrogens (tertiary/aromatic N) is 1. The molecule has 0 aliphatic rings. The maximum atomic E-state index is 11.3. The molecule has 0 heterocycles. The molecule has 0 radical (unpaired) electrons. The third-order valence-electron chi connectivity index (χ3n) is 2.22. The van der Waals surface area contributed by atoms with Crippen LogP contribution in [0, 0.1) is 10.1 Å². The number of nitro groups is 1. The summed E-state index contributed by atoms with van der Waals surface area (Å²) in [5.41, 5.74) is 6.00. The minimum absolute atomic E-state index is 0.0350. The highest BCUT2D eigenvalue weighted by atomic mass is 16.6. The van der Waals surface area contributed by atoms with Crippen LogP contribution in [0.25, 0.3) is 0 Å². The van der Waals surface area contributed by atoms with Crippen molar-refractivity contribution in [3.05, 3.63) is 39.9 Å². The summed E-state index contributed by atoms with van der Waals surface area (Å²) in [5, 5.41) is 10.7. The highest BCUT2D eigenvalue weighted by Crippen LogP contribution is 2.18. The number of carbonyl (C=O) groups is 1. The molecule has 0 aliphatic heterocycles. The number of para-hydroxylation sites is 1. The minimum atomic E-state index is -0.879. The lowest BCUT2D eigenvalue weighted by atomic mass is 10.0. The molecule has 6 heteroatoms. The van der Waals surface area contributed by atoms with E-state index in [9.17, 15) is 14.9 Å². The molecule has 0 aliphatic carbocycles. The number of hydrogen-bond donors (Lipinski definition) is 1. The van der Waals surface area contributed by atoms with E-state index in [1.807, 2.05) is 0 Å². The molecule has 0 spiro atoms. The van der Waals surface area contributed by atoms with Crippen LogP contribution in [0.15, 0.2) is 24.3 Å². The van der Waals surface area contributed by atoms with Crippen LogP contribution in [-0.4, -0.2) is 23.5 Å². The second-order valence-corrected chi connectivity index (χ2v) is 3.45. The van der Waals surface area contributed by atoms with Crippen molar-refractivity contribution in [3.63, 3.8) is 0 Å². The molecule has 0 fully saturated rings. The monoisotopic (exact) mass is 238 g/mol. The van der Waals surface area contributed by atoms with Crippen LogP contribution < -0.4 is 5.73 Å². The van der Waals surface area contributed by atoms with Gasteiger partial charge >= 0.3 is 5.97 Å². The predicted molar refractivity (Wildman–Crippen MR) is 61.4 cm³/mol. The molecule has 0 bridgehead atoms. The molecule has 6 nitrogen and oxygen atoms in total. The standard InChI is InChI=1S/C11H14N2O4/c1-2-17-11(14)9(12)7-8-5-3-4-6-10(8)13(15)16/h3-6,9H,2,7,12H2,1H3. The lowest BCUT2D eigenvalue weighted by Crippen LogP contribution is -2.34. The normalized spacial score (nSPS) is 11.9. The number of nitro benzene ring substituents is 1. The molecule has 1 atom stereocenters. The third kappa shape index (κ3) is 3.53. The number of nitrogens with two attached hydrogens (primary N) is 1. The van der Waals surface area contributed by atoms with Crippen LogP contribution in [0.2, 0.25) is 0 Å². The van der Waals surface area contributed by atoms with Crippen molar-refractivity contribution in [1.29, 1.82) is 0 Å². The zero-order chi connectivity index (χ0) is 12.8. The van der Waals surface area contributed by atoms with Gasteiger partial charge in [0.25, 0.3) is 5.69 Å². The first-order chi connectivity index (χ1) is 8.06. The summed E-state index contributed by atoms with van der Waals surface area (Å²) < 4.78 is 4.74. The molecule has 0 saturated heterocycles. The van der Waals surface area contributed by atoms with Crippen LogP contribution in [0.1, 0.15) is 12.5 Å². The van der Waals surface area contributed by atoms with Gasteiger partial charge in [-0.1, -0.05) is 18.2 Å². The van der Waals surface area contributed by atoms with Crippen molar-refractivity contribution < 1.29 is 14.5 Å². The molecule has 2 N–H and O–H groups in total. The van der Waals surface area contributed by atoms with Gasteiger partial charge in [-0.3, -0.25) is 14.9 Å². The van der Waals surface area contributed by atoms with Crippen molar-refractivity contribution in [1.82, 2.24) is 0 Å². The van der Waals surface area contributed by atoms with Gasteiger partial charge in [-0.2, -0.15) is 0 Å². The summed E-state index contributed by atoms with van der Waals surface area (Å²) >= 11 is 0. The second kappa shape index (κ2) is 5.95. The summed E-state index contributed by atoms with van der Waals surface area (Å²) in [6.07, 6.45) is 0.0932. The number of ether oxygens (including phenoxy) is 1. The van der Waals surface area contributed by atoms with Crippen molar-refractivity contribution in [2.75, 3.05) is 6.61 Å². The minimum Gasteiger partial charge on any atom is -0.465 e. The number of carbonyl (C=O) groups excluding carboxylic acids is 1. The van der Waals surface area contributed by atoms with Gasteiger partial charge in [-0.15, -0.1) is 0 Å². The van der Waals surface area contributed by atoms with E-state index in [0.717, 1.165) is 0 Å². The fourth-order valence-electron chi connectivity index (χ4n) is 1.43. The van der Waals surface area contributed by atoms with Gasteiger partial charge in [0.1, 0.15) is 6.04 Å². The number of esters is 1. The quantitative estimate of drug-likeness (QED) is 0.469. The Morgan fingerprint density at radius 2 is 2.18 bits per heavy atom. The van der Waals surface area contributed by atoms with Crippen LogP contribution in [-0.2, 0) is 16.0 Å². The van der Waals surface area contributed by atoms with E-state index in [-0.39, 0.29) is 18.7 Å². The zero-order valence-corrected chi connectivity index (χ0v) is 9.46. The van der Waals surface area contributed by atoms with Crippen LogP contribution >= 0.6 is 0 Å². The summed E-state index contributed by atoms with van der Waals surface area (Å²) in [7, 11) is 0. The van der Waals surface area contributed by atoms with Crippen molar-refractivity contribution >= 4 is 11.7 Å². The van der Waals surface area contributed by atoms with E-state index >= 15 is 0 Å². The molecule has 92 valence electrons. The molecule has 1 unspecified atom stereocenters. The molecule has 1 rings (SSSR count). The topological polar surface area (TPSA) is 95.5 Å². The van der Waals surface area contributed by atoms with E-state index in [4.69, 9.17) is 10.5 Å². The Morgan fingerprint density at radius 1 is 1.53 bits per heavy atom. The Morgan fingerprint density at radius 3 is 2.76 bits per heavy atom. The average Bonchev–Trinajstić information content (AvgIpc) is 2.29. The van der Waals surface area contributed by atoms with Gasteiger partial charge in [0, 0.05) is 18.1 Å². The Balaban J connectivity index is 2.81. The zero-order valence-electron chi connectivity index (χ0n) is 9.46. The van der Waals surface area contributed by atoms with Gasteiger partial charge < -0.3 is 10.5 Å². The largest absolute Gasteiger partial charge is 0.465 e. The van der Waals surface area contributed by atoms with Crippen LogP contribution in [0.3, 0.4) is 0 Å². The van der Waals surface area contributed by atoms with Crippen molar-refractivity contribution in [2.24, 2.45) is 5.73 Å². The maximum Gasteiger partial charge on any atom is 0.323 e. The van der Waals surface area contributed by atoms with Crippen LogP contribution in [0.5, 0.6) is 0 Å². The fraction of sp³-hybridized carbons (Fsp3) is 0.364. The average molecular weight is 238 g/mol. The first-order valence-electron chi connectivity index (χ1n) is 5.20. The Labute approximate surface area is 98.5 Å². The summed E-state index contributed by atoms with van der Waals surface area (Å²) in [4.78, 5) is 21.6. The molecule has 0 aromatic heterocycles. The van der Waals surface area contributed by atoms with E-state index in [1.165, 1.54) is 6.07 Å². The molecule has 1 aromatic rings. The van der Waals surface area contributed by atoms with Gasteiger partial charge in [-0.05, 0) is 6.92 Å². The molecule has 0 saturated carbocycles.